The number of rotatable bonds is 5. The third-order valence-corrected chi connectivity index (χ3v) is 7.13. The number of carbonyl (C=O) groups excluding carboxylic acids is 1. The molecule has 1 saturated heterocycles. The second kappa shape index (κ2) is 8.12. The fraction of sp³-hybridized carbons (Fsp3) is 0.435. The molecule has 1 amide bonds. The number of carbonyl (C=O) groups is 1. The summed E-state index contributed by atoms with van der Waals surface area (Å²) in [6.45, 7) is 2.11. The monoisotopic (exact) mass is 480 g/mol. The highest BCUT2D eigenvalue weighted by Crippen LogP contribution is 2.31. The van der Waals surface area contributed by atoms with Crippen molar-refractivity contribution in [3.8, 4) is 0 Å². The second-order valence-corrected chi connectivity index (χ2v) is 9.63. The molecule has 0 spiro atoms. The van der Waals surface area contributed by atoms with Crippen molar-refractivity contribution in [1.29, 1.82) is 0 Å². The van der Waals surface area contributed by atoms with Crippen LogP contribution in [0.1, 0.15) is 42.3 Å². The molecule has 0 unspecified atom stereocenters. The van der Waals surface area contributed by atoms with E-state index in [1.54, 1.807) is 23.7 Å². The molecule has 1 aromatic carbocycles. The summed E-state index contributed by atoms with van der Waals surface area (Å²) in [7, 11) is 1.81. The van der Waals surface area contributed by atoms with Gasteiger partial charge in [0.05, 0.1) is 11.0 Å². The first-order valence-corrected chi connectivity index (χ1v) is 12.0. The fourth-order valence-corrected chi connectivity index (χ4v) is 5.03. The molecule has 0 atom stereocenters. The predicted octanol–water partition coefficient (Wildman–Crippen LogP) is 2.64. The van der Waals surface area contributed by atoms with Crippen LogP contribution in [0.25, 0.3) is 22.2 Å². The second-order valence-electron chi connectivity index (χ2n) is 9.20. The van der Waals surface area contributed by atoms with Gasteiger partial charge in [-0.3, -0.25) is 9.36 Å². The van der Waals surface area contributed by atoms with Crippen LogP contribution in [0.5, 0.6) is 0 Å². The SMILES string of the molecule is Cn1c(C(=O)NCC2CC2)nc2c(N3CCC(n4c(=O)[nH]c5cc(Cl)ccc54)CC3)ncnc21. The Bertz CT molecular complexity index is 1460. The zero-order valence-electron chi connectivity index (χ0n) is 18.8. The summed E-state index contributed by atoms with van der Waals surface area (Å²) in [5, 5.41) is 3.58. The highest BCUT2D eigenvalue weighted by atomic mass is 35.5. The summed E-state index contributed by atoms with van der Waals surface area (Å²) < 4.78 is 3.56. The van der Waals surface area contributed by atoms with E-state index in [-0.39, 0.29) is 17.6 Å². The number of fused-ring (bicyclic) bond motifs is 2. The maximum Gasteiger partial charge on any atom is 0.326 e. The van der Waals surface area contributed by atoms with E-state index in [0.717, 1.165) is 29.7 Å². The molecular weight excluding hydrogens is 456 g/mol. The molecule has 176 valence electrons. The lowest BCUT2D eigenvalue weighted by atomic mass is 10.0. The van der Waals surface area contributed by atoms with Crippen LogP contribution in [0.15, 0.2) is 29.3 Å². The van der Waals surface area contributed by atoms with Crippen LogP contribution in [-0.2, 0) is 7.05 Å². The number of aryl methyl sites for hydroxylation is 1. The molecular formula is C23H25ClN8O2. The fourth-order valence-electron chi connectivity index (χ4n) is 4.86. The molecule has 34 heavy (non-hydrogen) atoms. The molecule has 1 aliphatic heterocycles. The number of nitrogens with one attached hydrogen (secondary N) is 2. The summed E-state index contributed by atoms with van der Waals surface area (Å²) in [5.41, 5.74) is 2.75. The molecule has 2 aliphatic rings. The highest BCUT2D eigenvalue weighted by molar-refractivity contribution is 6.31. The number of nitrogens with zero attached hydrogens (tertiary/aromatic N) is 6. The molecule has 2 fully saturated rings. The third-order valence-electron chi connectivity index (χ3n) is 6.90. The number of amides is 1. The minimum absolute atomic E-state index is 0.0727. The number of aromatic amines is 1. The average Bonchev–Trinajstić information content (AvgIpc) is 3.53. The Morgan fingerprint density at radius 1 is 1.21 bits per heavy atom. The van der Waals surface area contributed by atoms with E-state index in [1.807, 2.05) is 10.6 Å². The molecule has 11 heteroatoms. The Kier molecular flexibility index (Phi) is 5.05. The number of aromatic nitrogens is 6. The molecule has 4 aromatic rings. The Labute approximate surface area is 200 Å². The third kappa shape index (κ3) is 3.62. The van der Waals surface area contributed by atoms with Crippen LogP contribution in [0.4, 0.5) is 5.82 Å². The molecule has 2 N–H and O–H groups in total. The van der Waals surface area contributed by atoms with Crippen molar-refractivity contribution in [2.45, 2.75) is 31.7 Å². The minimum Gasteiger partial charge on any atom is -0.355 e. The Hall–Kier alpha value is -3.40. The van der Waals surface area contributed by atoms with Crippen molar-refractivity contribution < 1.29 is 4.79 Å². The van der Waals surface area contributed by atoms with Gasteiger partial charge < -0.3 is 19.8 Å². The smallest absolute Gasteiger partial charge is 0.326 e. The topological polar surface area (TPSA) is 114 Å². The van der Waals surface area contributed by atoms with E-state index in [4.69, 9.17) is 11.6 Å². The minimum atomic E-state index is -0.184. The van der Waals surface area contributed by atoms with E-state index in [1.165, 1.54) is 19.2 Å². The van der Waals surface area contributed by atoms with Crippen LogP contribution in [0.2, 0.25) is 5.02 Å². The zero-order valence-corrected chi connectivity index (χ0v) is 19.5. The van der Waals surface area contributed by atoms with Gasteiger partial charge in [0, 0.05) is 37.7 Å². The van der Waals surface area contributed by atoms with Gasteiger partial charge in [0.15, 0.2) is 17.0 Å². The maximum absolute atomic E-state index is 12.7. The quantitative estimate of drug-likeness (QED) is 0.454. The predicted molar refractivity (Wildman–Crippen MR) is 129 cm³/mol. The maximum atomic E-state index is 12.7. The van der Waals surface area contributed by atoms with E-state index in [9.17, 15) is 9.59 Å². The average molecular weight is 481 g/mol. The molecule has 3 aromatic heterocycles. The van der Waals surface area contributed by atoms with Gasteiger partial charge in [-0.1, -0.05) is 11.6 Å². The van der Waals surface area contributed by atoms with E-state index in [2.05, 4.69) is 30.2 Å². The van der Waals surface area contributed by atoms with Gasteiger partial charge in [-0.2, -0.15) is 0 Å². The lowest BCUT2D eigenvalue weighted by Gasteiger charge is -2.33. The molecule has 1 saturated carbocycles. The molecule has 0 bridgehead atoms. The van der Waals surface area contributed by atoms with Gasteiger partial charge in [-0.15, -0.1) is 0 Å². The lowest BCUT2D eigenvalue weighted by Crippen LogP contribution is -2.37. The van der Waals surface area contributed by atoms with Crippen molar-refractivity contribution in [3.05, 3.63) is 45.9 Å². The molecule has 6 rings (SSSR count). The van der Waals surface area contributed by atoms with E-state index < -0.39 is 0 Å². The van der Waals surface area contributed by atoms with Crippen molar-refractivity contribution in [3.63, 3.8) is 0 Å². The summed E-state index contributed by atoms with van der Waals surface area (Å²) in [6.07, 6.45) is 5.43. The summed E-state index contributed by atoms with van der Waals surface area (Å²) in [4.78, 5) is 43.9. The van der Waals surface area contributed by atoms with Gasteiger partial charge >= 0.3 is 5.69 Å². The molecule has 10 nitrogen and oxygen atoms in total. The molecule has 4 heterocycles. The number of hydrogen-bond donors (Lipinski definition) is 2. The number of hydrogen-bond acceptors (Lipinski definition) is 6. The largest absolute Gasteiger partial charge is 0.355 e. The van der Waals surface area contributed by atoms with Crippen LogP contribution in [-0.4, -0.2) is 54.6 Å². The summed E-state index contributed by atoms with van der Waals surface area (Å²) in [6, 6.07) is 5.55. The van der Waals surface area contributed by atoms with Gasteiger partial charge in [0.25, 0.3) is 5.91 Å². The lowest BCUT2D eigenvalue weighted by molar-refractivity contribution is 0.0939. The van der Waals surface area contributed by atoms with Crippen LogP contribution >= 0.6 is 11.6 Å². The first-order chi connectivity index (χ1) is 16.5. The van der Waals surface area contributed by atoms with Crippen LogP contribution < -0.4 is 15.9 Å². The van der Waals surface area contributed by atoms with Crippen LogP contribution in [0.3, 0.4) is 0 Å². The van der Waals surface area contributed by atoms with Gasteiger partial charge in [0.1, 0.15) is 6.33 Å². The number of H-pyrrole nitrogens is 1. The van der Waals surface area contributed by atoms with Crippen molar-refractivity contribution in [2.24, 2.45) is 13.0 Å². The number of halogens is 1. The molecule has 0 radical (unpaired) electrons. The Morgan fingerprint density at radius 3 is 2.76 bits per heavy atom. The van der Waals surface area contributed by atoms with Crippen LogP contribution in [0, 0.1) is 5.92 Å². The van der Waals surface area contributed by atoms with Gasteiger partial charge in [-0.05, 0) is 49.8 Å². The summed E-state index contributed by atoms with van der Waals surface area (Å²) >= 11 is 6.08. The Balaban J connectivity index is 1.24. The Morgan fingerprint density at radius 2 is 2.00 bits per heavy atom. The van der Waals surface area contributed by atoms with E-state index in [0.29, 0.717) is 47.6 Å². The first-order valence-electron chi connectivity index (χ1n) is 11.6. The number of anilines is 1. The van der Waals surface area contributed by atoms with Crippen molar-refractivity contribution >= 4 is 45.5 Å². The van der Waals surface area contributed by atoms with E-state index >= 15 is 0 Å². The number of imidazole rings is 2. The molecule has 1 aliphatic carbocycles. The van der Waals surface area contributed by atoms with Gasteiger partial charge in [0.2, 0.25) is 5.82 Å². The van der Waals surface area contributed by atoms with Crippen molar-refractivity contribution in [1.82, 2.24) is 34.4 Å². The van der Waals surface area contributed by atoms with Gasteiger partial charge in [-0.25, -0.2) is 19.7 Å². The zero-order chi connectivity index (χ0) is 23.4. The number of benzene rings is 1. The summed E-state index contributed by atoms with van der Waals surface area (Å²) in [5.74, 6) is 1.47. The standard InChI is InChI=1S/C23H25ClN8O2/c1-30-19-18(29-21(30)22(33)25-11-13-2-3-13)20(27-12-26-19)31-8-6-15(7-9-31)32-17-5-4-14(24)10-16(17)28-23(32)34/h4-5,10,12-13,15H,2-3,6-9,11H2,1H3,(H,25,33)(H,28,34). The number of piperidine rings is 1. The first kappa shape index (κ1) is 21.2. The van der Waals surface area contributed by atoms with Crippen molar-refractivity contribution in [2.75, 3.05) is 24.5 Å². The normalized spacial score (nSPS) is 17.1. The highest BCUT2D eigenvalue weighted by Gasteiger charge is 2.28.